The van der Waals surface area contributed by atoms with Gasteiger partial charge in [-0.3, -0.25) is 9.59 Å². The van der Waals surface area contributed by atoms with Crippen LogP contribution in [0, 0.1) is 11.3 Å². The van der Waals surface area contributed by atoms with E-state index in [0.717, 1.165) is 0 Å². The van der Waals surface area contributed by atoms with E-state index >= 15 is 0 Å². The maximum Gasteiger partial charge on any atom is 0.267 e. The van der Waals surface area contributed by atoms with Gasteiger partial charge in [-0.1, -0.05) is 23.7 Å². The highest BCUT2D eigenvalue weighted by Crippen LogP contribution is 2.33. The van der Waals surface area contributed by atoms with E-state index < -0.39 is 12.0 Å². The van der Waals surface area contributed by atoms with E-state index in [1.165, 1.54) is 24.0 Å². The number of rotatable bonds is 2. The molecule has 0 fully saturated rings. The minimum absolute atomic E-state index is 0.113. The van der Waals surface area contributed by atoms with E-state index in [1.54, 1.807) is 30.3 Å². The second-order valence-electron chi connectivity index (χ2n) is 5.50. The zero-order valence-corrected chi connectivity index (χ0v) is 14.1. The molecule has 2 amide bonds. The highest BCUT2D eigenvalue weighted by molar-refractivity contribution is 6.32. The summed E-state index contributed by atoms with van der Waals surface area (Å²) >= 11 is 5.97. The summed E-state index contributed by atoms with van der Waals surface area (Å²) in [5.74, 6) is -0.0987. The second kappa shape index (κ2) is 6.83. The van der Waals surface area contributed by atoms with Crippen LogP contribution in [0.1, 0.15) is 12.5 Å². The molecule has 0 spiro atoms. The zero-order chi connectivity index (χ0) is 18.0. The molecule has 0 aliphatic carbocycles. The monoisotopic (exact) mass is 355 g/mol. The number of carbonyl (C=O) groups excluding carboxylic acids is 2. The van der Waals surface area contributed by atoms with Gasteiger partial charge in [-0.25, -0.2) is 0 Å². The summed E-state index contributed by atoms with van der Waals surface area (Å²) in [6.45, 7) is 1.56. The van der Waals surface area contributed by atoms with Crippen LogP contribution in [0.25, 0.3) is 0 Å². The van der Waals surface area contributed by atoms with Gasteiger partial charge in [-0.05, 0) is 30.3 Å². The summed E-state index contributed by atoms with van der Waals surface area (Å²) in [6, 6.07) is 13.6. The summed E-state index contributed by atoms with van der Waals surface area (Å²) in [5, 5.41) is 11.8. The number of amides is 2. The van der Waals surface area contributed by atoms with Gasteiger partial charge in [0.05, 0.1) is 22.8 Å². The predicted octanol–water partition coefficient (Wildman–Crippen LogP) is 2.96. The molecule has 3 rings (SSSR count). The number of para-hydroxylation sites is 2. The Morgan fingerprint density at radius 3 is 2.76 bits per heavy atom. The van der Waals surface area contributed by atoms with E-state index in [1.807, 2.05) is 6.07 Å². The van der Waals surface area contributed by atoms with Crippen LogP contribution in [0.15, 0.2) is 42.5 Å². The molecule has 1 heterocycles. The summed E-state index contributed by atoms with van der Waals surface area (Å²) < 4.78 is 5.73. The van der Waals surface area contributed by atoms with E-state index in [0.29, 0.717) is 22.7 Å². The predicted molar refractivity (Wildman–Crippen MR) is 93.7 cm³/mol. The summed E-state index contributed by atoms with van der Waals surface area (Å²) in [6.07, 6.45) is -0.854. The minimum atomic E-state index is -0.854. The van der Waals surface area contributed by atoms with Gasteiger partial charge in [-0.2, -0.15) is 5.26 Å². The molecule has 2 aromatic carbocycles. The SMILES string of the molecule is CC(=O)N1C[C@@H](C(=O)Nc2ccc(C#N)c(Cl)c2)Oc2ccccc21. The zero-order valence-electron chi connectivity index (χ0n) is 13.3. The number of nitrogens with one attached hydrogen (secondary N) is 1. The maximum absolute atomic E-state index is 12.5. The van der Waals surface area contributed by atoms with E-state index in [2.05, 4.69) is 5.32 Å². The summed E-state index contributed by atoms with van der Waals surface area (Å²) in [4.78, 5) is 25.9. The fourth-order valence-corrected chi connectivity index (χ4v) is 2.80. The lowest BCUT2D eigenvalue weighted by Crippen LogP contribution is -2.48. The molecule has 0 radical (unpaired) electrons. The molecular formula is C18H14ClN3O3. The van der Waals surface area contributed by atoms with Crippen LogP contribution in [0.3, 0.4) is 0 Å². The van der Waals surface area contributed by atoms with E-state index in [9.17, 15) is 9.59 Å². The van der Waals surface area contributed by atoms with Crippen LogP contribution in [0.4, 0.5) is 11.4 Å². The number of hydrogen-bond donors (Lipinski definition) is 1. The van der Waals surface area contributed by atoms with Crippen molar-refractivity contribution in [3.63, 3.8) is 0 Å². The summed E-state index contributed by atoms with van der Waals surface area (Å²) in [5.41, 5.74) is 1.41. The van der Waals surface area contributed by atoms with E-state index in [4.69, 9.17) is 21.6 Å². The molecule has 7 heteroatoms. The van der Waals surface area contributed by atoms with Crippen molar-refractivity contribution in [2.75, 3.05) is 16.8 Å². The quantitative estimate of drug-likeness (QED) is 0.897. The number of hydrogen-bond acceptors (Lipinski definition) is 4. The fourth-order valence-electron chi connectivity index (χ4n) is 2.58. The minimum Gasteiger partial charge on any atom is -0.476 e. The van der Waals surface area contributed by atoms with Crippen LogP contribution >= 0.6 is 11.6 Å². The first-order valence-corrected chi connectivity index (χ1v) is 7.91. The Morgan fingerprint density at radius 2 is 2.08 bits per heavy atom. The number of ether oxygens (including phenoxy) is 1. The lowest BCUT2D eigenvalue weighted by atomic mass is 10.1. The molecule has 0 saturated carbocycles. The van der Waals surface area contributed by atoms with Gasteiger partial charge >= 0.3 is 0 Å². The van der Waals surface area contributed by atoms with Crippen molar-refractivity contribution in [2.24, 2.45) is 0 Å². The molecule has 1 aliphatic rings. The van der Waals surface area contributed by atoms with Crippen molar-refractivity contribution in [3.8, 4) is 11.8 Å². The number of carbonyl (C=O) groups is 2. The van der Waals surface area contributed by atoms with Crippen molar-refractivity contribution in [1.82, 2.24) is 0 Å². The number of benzene rings is 2. The molecule has 1 atom stereocenters. The Kier molecular flexibility index (Phi) is 4.59. The average molecular weight is 356 g/mol. The van der Waals surface area contributed by atoms with Gasteiger partial charge in [0.25, 0.3) is 5.91 Å². The highest BCUT2D eigenvalue weighted by Gasteiger charge is 2.32. The van der Waals surface area contributed by atoms with Crippen molar-refractivity contribution in [3.05, 3.63) is 53.1 Å². The van der Waals surface area contributed by atoms with Crippen LogP contribution in [-0.2, 0) is 9.59 Å². The Morgan fingerprint density at radius 1 is 1.32 bits per heavy atom. The normalized spacial score (nSPS) is 15.6. The number of nitrogens with zero attached hydrogens (tertiary/aromatic N) is 2. The van der Waals surface area contributed by atoms with Gasteiger partial charge < -0.3 is 15.0 Å². The molecule has 2 aromatic rings. The molecule has 0 aromatic heterocycles. The van der Waals surface area contributed by atoms with Crippen LogP contribution in [-0.4, -0.2) is 24.5 Å². The van der Waals surface area contributed by atoms with Crippen molar-refractivity contribution >= 4 is 34.8 Å². The fraction of sp³-hybridized carbons (Fsp3) is 0.167. The lowest BCUT2D eigenvalue weighted by Gasteiger charge is -2.33. The van der Waals surface area contributed by atoms with Crippen LogP contribution < -0.4 is 15.0 Å². The number of anilines is 2. The molecule has 0 bridgehead atoms. The third kappa shape index (κ3) is 3.42. The molecule has 1 aliphatic heterocycles. The third-order valence-corrected chi connectivity index (χ3v) is 4.12. The highest BCUT2D eigenvalue weighted by atomic mass is 35.5. The first kappa shape index (κ1) is 16.8. The largest absolute Gasteiger partial charge is 0.476 e. The molecular weight excluding hydrogens is 342 g/mol. The Balaban J connectivity index is 1.80. The maximum atomic E-state index is 12.5. The van der Waals surface area contributed by atoms with Gasteiger partial charge in [0.1, 0.15) is 11.8 Å². The molecule has 0 saturated heterocycles. The topological polar surface area (TPSA) is 82.4 Å². The Bertz CT molecular complexity index is 891. The Hall–Kier alpha value is -3.04. The summed E-state index contributed by atoms with van der Waals surface area (Å²) in [7, 11) is 0. The molecule has 6 nitrogen and oxygen atoms in total. The van der Waals surface area contributed by atoms with Crippen molar-refractivity contribution < 1.29 is 14.3 Å². The first-order chi connectivity index (χ1) is 12.0. The number of nitriles is 1. The third-order valence-electron chi connectivity index (χ3n) is 3.80. The molecule has 126 valence electrons. The second-order valence-corrected chi connectivity index (χ2v) is 5.91. The smallest absolute Gasteiger partial charge is 0.267 e. The van der Waals surface area contributed by atoms with Crippen molar-refractivity contribution in [1.29, 1.82) is 5.26 Å². The molecule has 25 heavy (non-hydrogen) atoms. The van der Waals surface area contributed by atoms with E-state index in [-0.39, 0.29) is 17.5 Å². The van der Waals surface area contributed by atoms with Gasteiger partial charge in [0, 0.05) is 12.6 Å². The standard InChI is InChI=1S/C18H14ClN3O3/c1-11(23)22-10-17(25-16-5-3-2-4-15(16)22)18(24)21-13-7-6-12(9-20)14(19)8-13/h2-8,17H,10H2,1H3,(H,21,24)/t17-/m0/s1. The number of halogens is 1. The molecule has 0 unspecified atom stereocenters. The first-order valence-electron chi connectivity index (χ1n) is 7.54. The lowest BCUT2D eigenvalue weighted by molar-refractivity contribution is -0.123. The van der Waals surface area contributed by atoms with Crippen LogP contribution in [0.2, 0.25) is 5.02 Å². The average Bonchev–Trinajstić information content (AvgIpc) is 2.60. The van der Waals surface area contributed by atoms with Crippen LogP contribution in [0.5, 0.6) is 5.75 Å². The van der Waals surface area contributed by atoms with Gasteiger partial charge in [0.2, 0.25) is 5.91 Å². The molecule has 1 N–H and O–H groups in total. The Labute approximate surface area is 149 Å². The van der Waals surface area contributed by atoms with Gasteiger partial charge in [0.15, 0.2) is 6.10 Å². The van der Waals surface area contributed by atoms with Crippen molar-refractivity contribution in [2.45, 2.75) is 13.0 Å². The number of fused-ring (bicyclic) bond motifs is 1. The van der Waals surface area contributed by atoms with Gasteiger partial charge in [-0.15, -0.1) is 0 Å².